The van der Waals surface area contributed by atoms with Crippen LogP contribution in [0.25, 0.3) is 11.3 Å². The van der Waals surface area contributed by atoms with Gasteiger partial charge in [0, 0.05) is 16.1 Å². The molecule has 0 aliphatic carbocycles. The lowest BCUT2D eigenvalue weighted by atomic mass is 10.0. The summed E-state index contributed by atoms with van der Waals surface area (Å²) in [6.45, 7) is 4.32. The lowest BCUT2D eigenvalue weighted by molar-refractivity contribution is 0.436. The van der Waals surface area contributed by atoms with Crippen LogP contribution in [-0.4, -0.2) is 5.16 Å². The zero-order valence-corrected chi connectivity index (χ0v) is 10.8. The predicted octanol–water partition coefficient (Wildman–Crippen LogP) is 3.81. The van der Waals surface area contributed by atoms with E-state index in [0.29, 0.717) is 17.5 Å². The third kappa shape index (κ3) is 2.11. The fourth-order valence-corrected chi connectivity index (χ4v) is 2.41. The Labute approximate surface area is 103 Å². The molecule has 0 radical (unpaired) electrons. The lowest BCUT2D eigenvalue weighted by Crippen LogP contribution is -1.89. The van der Waals surface area contributed by atoms with Crippen LogP contribution in [0.2, 0.25) is 0 Å². The summed E-state index contributed by atoms with van der Waals surface area (Å²) in [6.07, 6.45) is 0. The first-order valence-corrected chi connectivity index (χ1v) is 5.89. The Bertz CT molecular complexity index is 505. The number of nitrogens with zero attached hydrogens (tertiary/aromatic N) is 1. The molecule has 84 valence electrons. The van der Waals surface area contributed by atoms with Gasteiger partial charge < -0.3 is 10.3 Å². The Morgan fingerprint density at radius 1 is 1.31 bits per heavy atom. The zero-order chi connectivity index (χ0) is 11.7. The van der Waals surface area contributed by atoms with Gasteiger partial charge in [-0.25, -0.2) is 0 Å². The van der Waals surface area contributed by atoms with Crippen molar-refractivity contribution in [2.75, 3.05) is 5.73 Å². The van der Waals surface area contributed by atoms with E-state index in [4.69, 9.17) is 10.3 Å². The number of rotatable bonds is 2. The average Bonchev–Trinajstić information content (AvgIpc) is 2.64. The Balaban J connectivity index is 2.42. The summed E-state index contributed by atoms with van der Waals surface area (Å²) in [6, 6.07) is 7.84. The summed E-state index contributed by atoms with van der Waals surface area (Å²) >= 11 is 3.56. The van der Waals surface area contributed by atoms with Crippen LogP contribution in [0, 0.1) is 0 Å². The predicted molar refractivity (Wildman–Crippen MR) is 68.1 cm³/mol. The summed E-state index contributed by atoms with van der Waals surface area (Å²) in [5.74, 6) is 1.58. The molecule has 2 aromatic rings. The van der Waals surface area contributed by atoms with Gasteiger partial charge in [0.1, 0.15) is 0 Å². The molecule has 0 bridgehead atoms. The van der Waals surface area contributed by atoms with Gasteiger partial charge in [0.05, 0.1) is 0 Å². The first-order valence-electron chi connectivity index (χ1n) is 5.10. The van der Waals surface area contributed by atoms with E-state index in [9.17, 15) is 0 Å². The summed E-state index contributed by atoms with van der Waals surface area (Å²) < 4.78 is 6.19. The van der Waals surface area contributed by atoms with Crippen LogP contribution < -0.4 is 5.73 Å². The van der Waals surface area contributed by atoms with Crippen molar-refractivity contribution >= 4 is 21.7 Å². The molecule has 0 saturated heterocycles. The normalized spacial score (nSPS) is 11.0. The zero-order valence-electron chi connectivity index (χ0n) is 9.20. The minimum absolute atomic E-state index is 0.402. The molecule has 1 aromatic carbocycles. The second kappa shape index (κ2) is 4.29. The van der Waals surface area contributed by atoms with E-state index in [-0.39, 0.29) is 0 Å². The number of hydrogen-bond acceptors (Lipinski definition) is 3. The number of nitrogen functional groups attached to an aromatic ring is 1. The van der Waals surface area contributed by atoms with Gasteiger partial charge in [0.2, 0.25) is 0 Å². The van der Waals surface area contributed by atoms with Gasteiger partial charge >= 0.3 is 0 Å². The Kier molecular flexibility index (Phi) is 3.01. The molecule has 16 heavy (non-hydrogen) atoms. The summed E-state index contributed by atoms with van der Waals surface area (Å²) in [7, 11) is 0. The van der Waals surface area contributed by atoms with Crippen LogP contribution in [0.4, 0.5) is 5.82 Å². The fraction of sp³-hybridized carbons (Fsp3) is 0.250. The van der Waals surface area contributed by atoms with Crippen molar-refractivity contribution in [3.63, 3.8) is 0 Å². The van der Waals surface area contributed by atoms with Crippen LogP contribution in [0.15, 0.2) is 33.3 Å². The molecule has 2 N–H and O–H groups in total. The molecule has 0 aliphatic heterocycles. The van der Waals surface area contributed by atoms with Crippen LogP contribution in [-0.2, 0) is 0 Å². The van der Waals surface area contributed by atoms with E-state index in [0.717, 1.165) is 10.0 Å². The van der Waals surface area contributed by atoms with E-state index in [1.54, 1.807) is 6.07 Å². The molecule has 4 heteroatoms. The largest absolute Gasteiger partial charge is 0.381 e. The van der Waals surface area contributed by atoms with Crippen LogP contribution in [0.5, 0.6) is 0 Å². The summed E-state index contributed by atoms with van der Waals surface area (Å²) in [4.78, 5) is 0. The monoisotopic (exact) mass is 280 g/mol. The lowest BCUT2D eigenvalue weighted by Gasteiger charge is -2.08. The van der Waals surface area contributed by atoms with E-state index in [2.05, 4.69) is 41.0 Å². The molecule has 3 nitrogen and oxygen atoms in total. The van der Waals surface area contributed by atoms with Gasteiger partial charge in [-0.1, -0.05) is 47.1 Å². The van der Waals surface area contributed by atoms with Gasteiger partial charge in [-0.3, -0.25) is 0 Å². The van der Waals surface area contributed by atoms with Gasteiger partial charge in [0.25, 0.3) is 0 Å². The molecule has 0 saturated carbocycles. The van der Waals surface area contributed by atoms with E-state index in [1.807, 2.05) is 12.1 Å². The third-order valence-electron chi connectivity index (χ3n) is 2.44. The van der Waals surface area contributed by atoms with Crippen molar-refractivity contribution in [1.82, 2.24) is 5.16 Å². The smallest absolute Gasteiger partial charge is 0.169 e. The molecule has 0 spiro atoms. The molecular weight excluding hydrogens is 268 g/mol. The molecule has 0 atom stereocenters. The van der Waals surface area contributed by atoms with Crippen molar-refractivity contribution in [2.24, 2.45) is 0 Å². The van der Waals surface area contributed by atoms with Crippen LogP contribution in [0.1, 0.15) is 25.3 Å². The second-order valence-corrected chi connectivity index (χ2v) is 4.86. The molecule has 0 aliphatic rings. The number of benzene rings is 1. The summed E-state index contributed by atoms with van der Waals surface area (Å²) in [5.41, 5.74) is 7.76. The quantitative estimate of drug-likeness (QED) is 0.910. The number of hydrogen-bond donors (Lipinski definition) is 1. The van der Waals surface area contributed by atoms with Crippen molar-refractivity contribution in [2.45, 2.75) is 19.8 Å². The standard InChI is InChI=1S/C12H13BrN2O/c1-7(2)9-4-3-8(5-10(9)13)11-6-12(14)15-16-11/h3-7H,1-2H3,(H2,14,15). The number of anilines is 1. The number of aromatic nitrogens is 1. The number of nitrogens with two attached hydrogens (primary N) is 1. The topological polar surface area (TPSA) is 52.0 Å². The highest BCUT2D eigenvalue weighted by atomic mass is 79.9. The molecule has 0 unspecified atom stereocenters. The highest BCUT2D eigenvalue weighted by Crippen LogP contribution is 2.30. The molecule has 2 rings (SSSR count). The molecule has 0 amide bonds. The van der Waals surface area contributed by atoms with Crippen LogP contribution in [0.3, 0.4) is 0 Å². The van der Waals surface area contributed by atoms with E-state index in [1.165, 1.54) is 5.56 Å². The molecule has 0 fully saturated rings. The second-order valence-electron chi connectivity index (χ2n) is 4.01. The first kappa shape index (κ1) is 11.2. The Morgan fingerprint density at radius 3 is 2.56 bits per heavy atom. The molecule has 1 heterocycles. The van der Waals surface area contributed by atoms with Crippen LogP contribution >= 0.6 is 15.9 Å². The van der Waals surface area contributed by atoms with Crippen molar-refractivity contribution in [1.29, 1.82) is 0 Å². The van der Waals surface area contributed by atoms with E-state index >= 15 is 0 Å². The minimum atomic E-state index is 0.402. The first-order chi connectivity index (χ1) is 7.58. The van der Waals surface area contributed by atoms with Gasteiger partial charge in [-0.15, -0.1) is 0 Å². The maximum atomic E-state index is 5.52. The van der Waals surface area contributed by atoms with Gasteiger partial charge in [-0.2, -0.15) is 0 Å². The highest BCUT2D eigenvalue weighted by Gasteiger charge is 2.09. The Morgan fingerprint density at radius 2 is 2.06 bits per heavy atom. The van der Waals surface area contributed by atoms with Gasteiger partial charge in [-0.05, 0) is 17.5 Å². The number of halogens is 1. The fourth-order valence-electron chi connectivity index (χ4n) is 1.57. The molecular formula is C12H13BrN2O. The highest BCUT2D eigenvalue weighted by molar-refractivity contribution is 9.10. The van der Waals surface area contributed by atoms with Gasteiger partial charge in [0.15, 0.2) is 11.6 Å². The molecule has 1 aromatic heterocycles. The van der Waals surface area contributed by atoms with E-state index < -0.39 is 0 Å². The maximum absolute atomic E-state index is 5.52. The average molecular weight is 281 g/mol. The summed E-state index contributed by atoms with van der Waals surface area (Å²) in [5, 5.41) is 3.67. The van der Waals surface area contributed by atoms with Crippen molar-refractivity contribution in [3.05, 3.63) is 34.3 Å². The Hall–Kier alpha value is -1.29. The van der Waals surface area contributed by atoms with Crippen molar-refractivity contribution < 1.29 is 4.52 Å². The van der Waals surface area contributed by atoms with Crippen molar-refractivity contribution in [3.8, 4) is 11.3 Å². The SMILES string of the molecule is CC(C)c1ccc(-c2cc(N)no2)cc1Br. The third-order valence-corrected chi connectivity index (χ3v) is 3.12. The maximum Gasteiger partial charge on any atom is 0.169 e. The minimum Gasteiger partial charge on any atom is -0.381 e.